The fraction of sp³-hybridized carbons (Fsp3) is 0.900. The molecule has 0 saturated carbocycles. The van der Waals surface area contributed by atoms with Crippen molar-refractivity contribution in [3.8, 4) is 0 Å². The van der Waals surface area contributed by atoms with Gasteiger partial charge in [-0.25, -0.2) is 0 Å². The first-order chi connectivity index (χ1) is 12.7. The summed E-state index contributed by atoms with van der Waals surface area (Å²) >= 11 is 0. The minimum Gasteiger partial charge on any atom is -0.466 e. The van der Waals surface area contributed by atoms with Crippen LogP contribution in [0.3, 0.4) is 0 Å². The van der Waals surface area contributed by atoms with Gasteiger partial charge in [0.05, 0.1) is 26.4 Å². The fourth-order valence-corrected chi connectivity index (χ4v) is 2.67. The minimum atomic E-state index is -0.125. The van der Waals surface area contributed by atoms with E-state index in [9.17, 15) is 9.59 Å². The smallest absolute Gasteiger partial charge is 0.305 e. The maximum atomic E-state index is 11.5. The third-order valence-corrected chi connectivity index (χ3v) is 4.18. The number of aliphatic hydroxyl groups excluding tert-OH is 2. The highest BCUT2D eigenvalue weighted by atomic mass is 16.5. The minimum absolute atomic E-state index is 0.0525. The molecule has 1 saturated heterocycles. The van der Waals surface area contributed by atoms with Crippen LogP contribution in [0, 0.1) is 0 Å². The summed E-state index contributed by atoms with van der Waals surface area (Å²) in [5.41, 5.74) is 0. The van der Waals surface area contributed by atoms with Gasteiger partial charge < -0.3 is 19.7 Å². The Kier molecular flexibility index (Phi) is 19.3. The number of hydrogen-bond donors (Lipinski definition) is 2. The number of ether oxygens (including phenoxy) is 2. The molecule has 0 radical (unpaired) electrons. The lowest BCUT2D eigenvalue weighted by Crippen LogP contribution is -2.07. The van der Waals surface area contributed by atoms with Gasteiger partial charge in [0.2, 0.25) is 0 Å². The van der Waals surface area contributed by atoms with Crippen molar-refractivity contribution in [2.24, 2.45) is 0 Å². The van der Waals surface area contributed by atoms with E-state index in [1.165, 1.54) is 25.7 Å². The molecule has 1 fully saturated rings. The Balaban J connectivity index is 0.00000141. The normalized spacial score (nSPS) is 20.1. The molecule has 1 heterocycles. The second-order valence-corrected chi connectivity index (χ2v) is 6.63. The molecule has 0 aliphatic carbocycles. The summed E-state index contributed by atoms with van der Waals surface area (Å²) in [5.74, 6) is -0.105. The van der Waals surface area contributed by atoms with E-state index in [0.29, 0.717) is 26.1 Å². The molecule has 0 aromatic heterocycles. The molecular weight excluding hydrogens is 336 g/mol. The van der Waals surface area contributed by atoms with Crippen molar-refractivity contribution in [2.75, 3.05) is 26.4 Å². The molecule has 0 unspecified atom stereocenters. The summed E-state index contributed by atoms with van der Waals surface area (Å²) in [4.78, 5) is 23.0. The molecule has 0 amide bonds. The van der Waals surface area contributed by atoms with E-state index in [1.54, 1.807) is 0 Å². The van der Waals surface area contributed by atoms with Crippen molar-refractivity contribution < 1.29 is 29.3 Å². The van der Waals surface area contributed by atoms with E-state index < -0.39 is 0 Å². The molecule has 0 bridgehead atoms. The molecule has 154 valence electrons. The molecule has 0 spiro atoms. The molecule has 6 heteroatoms. The number of aliphatic hydroxyl groups is 2. The summed E-state index contributed by atoms with van der Waals surface area (Å²) in [6.07, 6.45) is 13.9. The largest absolute Gasteiger partial charge is 0.466 e. The van der Waals surface area contributed by atoms with E-state index in [1.807, 2.05) is 0 Å². The highest BCUT2D eigenvalue weighted by Crippen LogP contribution is 2.12. The molecule has 1 aliphatic heterocycles. The van der Waals surface area contributed by atoms with E-state index in [0.717, 1.165) is 51.4 Å². The third kappa shape index (κ3) is 19.2. The van der Waals surface area contributed by atoms with Crippen molar-refractivity contribution >= 4 is 11.9 Å². The molecule has 2 N–H and O–H groups in total. The molecule has 0 atom stereocenters. The Morgan fingerprint density at radius 3 is 1.19 bits per heavy atom. The average Bonchev–Trinajstić information content (AvgIpc) is 2.64. The standard InChI is InChI=1S/C18H32O4.C2H6O2/c19-17-13-9-5-3-1-2-4-6-10-14-18(20)22-16-12-8-7-11-15-21-17;3-1-2-4/h1-16H2;3-4H,1-2H2. The SMILES string of the molecule is O=C1CCCCCCCCCCC(=O)OCCCCCCO1.OCCO. The number of rotatable bonds is 1. The van der Waals surface area contributed by atoms with Crippen LogP contribution in [0.15, 0.2) is 0 Å². The number of carbonyl (C=O) groups excluding carboxylic acids is 2. The zero-order valence-electron chi connectivity index (χ0n) is 16.3. The van der Waals surface area contributed by atoms with Crippen LogP contribution in [0.4, 0.5) is 0 Å². The van der Waals surface area contributed by atoms with Gasteiger partial charge in [0, 0.05) is 12.8 Å². The Hall–Kier alpha value is -1.14. The first-order valence-corrected chi connectivity index (χ1v) is 10.2. The first kappa shape index (κ1) is 24.9. The molecule has 0 aromatic rings. The number of hydrogen-bond acceptors (Lipinski definition) is 6. The van der Waals surface area contributed by atoms with Crippen molar-refractivity contribution in [3.63, 3.8) is 0 Å². The number of carbonyl (C=O) groups is 2. The zero-order chi connectivity index (χ0) is 19.3. The summed E-state index contributed by atoms with van der Waals surface area (Å²) in [6.45, 7) is 0.803. The fourth-order valence-electron chi connectivity index (χ4n) is 2.67. The quantitative estimate of drug-likeness (QED) is 0.682. The Morgan fingerprint density at radius 2 is 0.846 bits per heavy atom. The van der Waals surface area contributed by atoms with Crippen LogP contribution >= 0.6 is 0 Å². The first-order valence-electron chi connectivity index (χ1n) is 10.2. The summed E-state index contributed by atoms with van der Waals surface area (Å²) in [7, 11) is 0. The lowest BCUT2D eigenvalue weighted by Gasteiger charge is -2.07. The summed E-state index contributed by atoms with van der Waals surface area (Å²) in [5, 5.41) is 15.2. The predicted molar refractivity (Wildman–Crippen MR) is 101 cm³/mol. The lowest BCUT2D eigenvalue weighted by atomic mass is 10.1. The maximum absolute atomic E-state index is 11.5. The maximum Gasteiger partial charge on any atom is 0.305 e. The van der Waals surface area contributed by atoms with Gasteiger partial charge in [-0.15, -0.1) is 0 Å². The molecule has 0 aromatic carbocycles. The van der Waals surface area contributed by atoms with Crippen LogP contribution in [-0.4, -0.2) is 48.6 Å². The molecule has 26 heavy (non-hydrogen) atoms. The average molecular weight is 375 g/mol. The van der Waals surface area contributed by atoms with E-state index in [4.69, 9.17) is 19.7 Å². The molecule has 6 nitrogen and oxygen atoms in total. The second-order valence-electron chi connectivity index (χ2n) is 6.63. The van der Waals surface area contributed by atoms with Gasteiger partial charge in [-0.3, -0.25) is 9.59 Å². The van der Waals surface area contributed by atoms with E-state index in [-0.39, 0.29) is 25.2 Å². The highest BCUT2D eigenvalue weighted by Gasteiger charge is 2.04. The Morgan fingerprint density at radius 1 is 0.538 bits per heavy atom. The van der Waals surface area contributed by atoms with Gasteiger partial charge in [-0.2, -0.15) is 0 Å². The number of esters is 2. The molecule has 1 rings (SSSR count). The van der Waals surface area contributed by atoms with E-state index in [2.05, 4.69) is 0 Å². The highest BCUT2D eigenvalue weighted by molar-refractivity contribution is 5.69. The Labute approximate surface area is 158 Å². The molecular formula is C20H38O6. The van der Waals surface area contributed by atoms with Crippen LogP contribution in [0.1, 0.15) is 89.9 Å². The van der Waals surface area contributed by atoms with Gasteiger partial charge in [-0.1, -0.05) is 38.5 Å². The van der Waals surface area contributed by atoms with Crippen LogP contribution in [-0.2, 0) is 19.1 Å². The van der Waals surface area contributed by atoms with Crippen molar-refractivity contribution in [2.45, 2.75) is 89.9 Å². The number of cyclic esters (lactones) is 2. The predicted octanol–water partition coefficient (Wildman–Crippen LogP) is 3.52. The lowest BCUT2D eigenvalue weighted by molar-refractivity contribution is -0.145. The second kappa shape index (κ2) is 20.2. The summed E-state index contributed by atoms with van der Waals surface area (Å²) < 4.78 is 10.4. The van der Waals surface area contributed by atoms with Gasteiger partial charge in [-0.05, 0) is 38.5 Å². The van der Waals surface area contributed by atoms with Crippen molar-refractivity contribution in [1.29, 1.82) is 0 Å². The van der Waals surface area contributed by atoms with Crippen LogP contribution in [0.2, 0.25) is 0 Å². The molecule has 1 aliphatic rings. The van der Waals surface area contributed by atoms with Crippen LogP contribution in [0.25, 0.3) is 0 Å². The van der Waals surface area contributed by atoms with Crippen molar-refractivity contribution in [1.82, 2.24) is 0 Å². The van der Waals surface area contributed by atoms with Crippen molar-refractivity contribution in [3.05, 3.63) is 0 Å². The topological polar surface area (TPSA) is 93.1 Å². The summed E-state index contributed by atoms with van der Waals surface area (Å²) in [6, 6.07) is 0. The van der Waals surface area contributed by atoms with E-state index >= 15 is 0 Å². The monoisotopic (exact) mass is 374 g/mol. The van der Waals surface area contributed by atoms with Gasteiger partial charge in [0.1, 0.15) is 0 Å². The van der Waals surface area contributed by atoms with Gasteiger partial charge >= 0.3 is 11.9 Å². The van der Waals surface area contributed by atoms with Crippen LogP contribution < -0.4 is 0 Å². The third-order valence-electron chi connectivity index (χ3n) is 4.18. The van der Waals surface area contributed by atoms with Crippen LogP contribution in [0.5, 0.6) is 0 Å². The van der Waals surface area contributed by atoms with Gasteiger partial charge in [0.15, 0.2) is 0 Å². The Bertz CT molecular complexity index is 300. The zero-order valence-corrected chi connectivity index (χ0v) is 16.3. The van der Waals surface area contributed by atoms with Gasteiger partial charge in [0.25, 0.3) is 0 Å².